The van der Waals surface area contributed by atoms with Crippen molar-refractivity contribution in [3.8, 4) is 11.4 Å². The number of carboxylic acid groups (broad SMARTS) is 1. The molecule has 176 valence electrons. The van der Waals surface area contributed by atoms with Gasteiger partial charge in [-0.15, -0.1) is 0 Å². The van der Waals surface area contributed by atoms with E-state index in [0.29, 0.717) is 60.9 Å². The lowest BCUT2D eigenvalue weighted by molar-refractivity contribution is -0.0776. The van der Waals surface area contributed by atoms with Crippen LogP contribution in [0.4, 0.5) is 4.39 Å². The molecule has 0 unspecified atom stereocenters. The second kappa shape index (κ2) is 9.44. The Balaban J connectivity index is 1.74. The minimum Gasteiger partial charge on any atom is -0.491 e. The average Bonchev–Trinajstić information content (AvgIpc) is 3.12. The monoisotopic (exact) mass is 456 g/mol. The number of fused-ring (bicyclic) bond motifs is 1. The third-order valence-corrected chi connectivity index (χ3v) is 5.83. The first kappa shape index (κ1) is 23.1. The van der Waals surface area contributed by atoms with Crippen LogP contribution >= 0.6 is 0 Å². The van der Waals surface area contributed by atoms with Crippen LogP contribution in [0.25, 0.3) is 16.7 Å². The molecule has 0 aliphatic carbocycles. The summed E-state index contributed by atoms with van der Waals surface area (Å²) in [5.41, 5.74) is 1.56. The van der Waals surface area contributed by atoms with E-state index in [0.717, 1.165) is 5.69 Å². The molecule has 9 heteroatoms. The van der Waals surface area contributed by atoms with Gasteiger partial charge in [0.1, 0.15) is 18.2 Å². The summed E-state index contributed by atoms with van der Waals surface area (Å²) in [6.45, 7) is 10.8. The van der Waals surface area contributed by atoms with Crippen LogP contribution in [0.1, 0.15) is 49.8 Å². The van der Waals surface area contributed by atoms with Crippen molar-refractivity contribution in [2.45, 2.75) is 45.7 Å². The Bertz CT molecular complexity index is 1140. The van der Waals surface area contributed by atoms with Gasteiger partial charge in [0.15, 0.2) is 11.3 Å². The molecule has 0 bridgehead atoms. The summed E-state index contributed by atoms with van der Waals surface area (Å²) >= 11 is 0. The summed E-state index contributed by atoms with van der Waals surface area (Å²) in [6, 6.07) is 8.00. The van der Waals surface area contributed by atoms with Gasteiger partial charge in [0.25, 0.3) is 0 Å². The summed E-state index contributed by atoms with van der Waals surface area (Å²) in [5, 5.41) is 15.0. The predicted octanol–water partition coefficient (Wildman–Crippen LogP) is 3.87. The van der Waals surface area contributed by atoms with Crippen molar-refractivity contribution in [1.29, 1.82) is 0 Å². The molecular formula is C24H29FN4O4. The second-order valence-corrected chi connectivity index (χ2v) is 8.81. The first-order valence-corrected chi connectivity index (χ1v) is 11.2. The number of aromatic nitrogens is 3. The third-order valence-electron chi connectivity index (χ3n) is 5.83. The zero-order chi connectivity index (χ0) is 23.7. The van der Waals surface area contributed by atoms with Crippen molar-refractivity contribution in [3.63, 3.8) is 0 Å². The molecule has 3 aromatic rings. The molecule has 1 aliphatic heterocycles. The molecule has 1 N–H and O–H groups in total. The Kier molecular flexibility index (Phi) is 6.62. The molecule has 33 heavy (non-hydrogen) atoms. The maximum atomic E-state index is 13.5. The number of hydrogen-bond acceptors (Lipinski definition) is 6. The molecule has 1 aromatic carbocycles. The first-order valence-electron chi connectivity index (χ1n) is 11.2. The van der Waals surface area contributed by atoms with Gasteiger partial charge in [-0.25, -0.2) is 18.9 Å². The Hall–Kier alpha value is -3.04. The highest BCUT2D eigenvalue weighted by atomic mass is 19.1. The number of halogens is 1. The van der Waals surface area contributed by atoms with Gasteiger partial charge in [-0.3, -0.25) is 4.90 Å². The third kappa shape index (κ3) is 4.69. The van der Waals surface area contributed by atoms with Crippen LogP contribution < -0.4 is 4.74 Å². The number of nitrogens with zero attached hydrogens (tertiary/aromatic N) is 4. The van der Waals surface area contributed by atoms with E-state index in [1.54, 1.807) is 16.8 Å². The highest BCUT2D eigenvalue weighted by Gasteiger charge is 2.28. The van der Waals surface area contributed by atoms with E-state index in [1.807, 2.05) is 13.8 Å². The number of carboxylic acids is 1. The zero-order valence-electron chi connectivity index (χ0n) is 19.3. The van der Waals surface area contributed by atoms with Crippen LogP contribution in [0.15, 0.2) is 30.3 Å². The minimum absolute atomic E-state index is 0.0355. The lowest BCUT2D eigenvalue weighted by Crippen LogP contribution is -2.53. The molecule has 0 atom stereocenters. The molecule has 1 saturated heterocycles. The highest BCUT2D eigenvalue weighted by molar-refractivity contribution is 5.94. The molecule has 4 rings (SSSR count). The van der Waals surface area contributed by atoms with Crippen molar-refractivity contribution in [2.24, 2.45) is 0 Å². The Morgan fingerprint density at radius 2 is 1.97 bits per heavy atom. The van der Waals surface area contributed by atoms with Crippen LogP contribution in [-0.4, -0.2) is 69.2 Å². The molecule has 3 heterocycles. The quantitative estimate of drug-likeness (QED) is 0.523. The van der Waals surface area contributed by atoms with E-state index in [-0.39, 0.29) is 17.4 Å². The van der Waals surface area contributed by atoms with E-state index >= 15 is 0 Å². The molecular weight excluding hydrogens is 427 g/mol. The van der Waals surface area contributed by atoms with Gasteiger partial charge in [-0.1, -0.05) is 13.8 Å². The largest absolute Gasteiger partial charge is 0.491 e. The van der Waals surface area contributed by atoms with Crippen molar-refractivity contribution in [1.82, 2.24) is 19.7 Å². The van der Waals surface area contributed by atoms with Crippen LogP contribution in [0.5, 0.6) is 5.75 Å². The molecule has 8 nitrogen and oxygen atoms in total. The number of pyridine rings is 1. The van der Waals surface area contributed by atoms with Crippen LogP contribution in [0.3, 0.4) is 0 Å². The lowest BCUT2D eigenvalue weighted by atomic mass is 10.1. The first-order chi connectivity index (χ1) is 15.8. The number of benzene rings is 1. The lowest BCUT2D eigenvalue weighted by Gasteiger charge is -2.39. The fourth-order valence-electron chi connectivity index (χ4n) is 4.04. The zero-order valence-corrected chi connectivity index (χ0v) is 19.3. The summed E-state index contributed by atoms with van der Waals surface area (Å²) in [5.74, 6) is -1.06. The highest BCUT2D eigenvalue weighted by Crippen LogP contribution is 2.34. The van der Waals surface area contributed by atoms with Gasteiger partial charge in [-0.2, -0.15) is 5.10 Å². The predicted molar refractivity (Wildman–Crippen MR) is 122 cm³/mol. The topological polar surface area (TPSA) is 89.7 Å². The fraction of sp³-hybridized carbons (Fsp3) is 0.458. The molecule has 0 spiro atoms. The van der Waals surface area contributed by atoms with E-state index in [9.17, 15) is 14.3 Å². The van der Waals surface area contributed by atoms with E-state index in [2.05, 4.69) is 23.7 Å². The Morgan fingerprint density at radius 1 is 1.27 bits per heavy atom. The van der Waals surface area contributed by atoms with Crippen LogP contribution in [-0.2, 0) is 4.74 Å². The Morgan fingerprint density at radius 3 is 2.52 bits per heavy atom. The van der Waals surface area contributed by atoms with Crippen LogP contribution in [0, 0.1) is 5.82 Å². The van der Waals surface area contributed by atoms with Gasteiger partial charge in [0.05, 0.1) is 36.0 Å². The second-order valence-electron chi connectivity index (χ2n) is 8.81. The van der Waals surface area contributed by atoms with E-state index in [1.165, 1.54) is 18.2 Å². The standard InChI is InChI=1S/C24H29FN4O4/c1-14(2)22-21-20(33-10-9-28(15(3)4)18-12-32-13-18)11-19(24(30)31)26-23(21)29(27-22)17-7-5-16(25)6-8-17/h5-8,11,14-15,18H,9-10,12-13H2,1-4H3,(H,30,31). The van der Waals surface area contributed by atoms with Crippen molar-refractivity contribution in [2.75, 3.05) is 26.4 Å². The van der Waals surface area contributed by atoms with Crippen molar-refractivity contribution < 1.29 is 23.8 Å². The molecule has 2 aromatic heterocycles. The minimum atomic E-state index is -1.16. The van der Waals surface area contributed by atoms with Gasteiger partial charge < -0.3 is 14.6 Å². The summed E-state index contributed by atoms with van der Waals surface area (Å²) < 4.78 is 26.5. The smallest absolute Gasteiger partial charge is 0.354 e. The normalized spacial score (nSPS) is 14.4. The SMILES string of the molecule is CC(C)c1nn(-c2ccc(F)cc2)c2nc(C(=O)O)cc(OCCN(C(C)C)C3COC3)c12. The number of rotatable bonds is 9. The maximum Gasteiger partial charge on any atom is 0.354 e. The van der Waals surface area contributed by atoms with Gasteiger partial charge in [0.2, 0.25) is 0 Å². The Labute approximate surface area is 191 Å². The van der Waals surface area contributed by atoms with Gasteiger partial charge in [0, 0.05) is 18.7 Å². The van der Waals surface area contributed by atoms with Crippen molar-refractivity contribution >= 4 is 17.0 Å². The van der Waals surface area contributed by atoms with Crippen molar-refractivity contribution in [3.05, 3.63) is 47.5 Å². The van der Waals surface area contributed by atoms with E-state index < -0.39 is 5.97 Å². The van der Waals surface area contributed by atoms with E-state index in [4.69, 9.17) is 14.6 Å². The average molecular weight is 457 g/mol. The van der Waals surface area contributed by atoms with Crippen LogP contribution in [0.2, 0.25) is 0 Å². The summed E-state index contributed by atoms with van der Waals surface area (Å²) in [7, 11) is 0. The number of carbonyl (C=O) groups is 1. The number of aromatic carboxylic acids is 1. The van der Waals surface area contributed by atoms with Gasteiger partial charge in [-0.05, 0) is 44.0 Å². The molecule has 1 fully saturated rings. The number of ether oxygens (including phenoxy) is 2. The summed E-state index contributed by atoms with van der Waals surface area (Å²) in [4.78, 5) is 18.5. The molecule has 0 radical (unpaired) electrons. The number of hydrogen-bond donors (Lipinski definition) is 1. The maximum absolute atomic E-state index is 13.5. The molecule has 0 amide bonds. The molecule has 1 aliphatic rings. The fourth-order valence-corrected chi connectivity index (χ4v) is 4.04. The van der Waals surface area contributed by atoms with Gasteiger partial charge >= 0.3 is 5.97 Å². The molecule has 0 saturated carbocycles. The summed E-state index contributed by atoms with van der Waals surface area (Å²) in [6.07, 6.45) is 0.